The molecule has 0 saturated carbocycles. The minimum Gasteiger partial charge on any atom is -0.383 e. The van der Waals surface area contributed by atoms with Gasteiger partial charge >= 0.3 is 0 Å². The highest BCUT2D eigenvalue weighted by atomic mass is 79.9. The number of hydrogen-bond donors (Lipinski definition) is 2. The zero-order valence-corrected chi connectivity index (χ0v) is 14.7. The first-order valence-corrected chi connectivity index (χ1v) is 8.06. The lowest BCUT2D eigenvalue weighted by Gasteiger charge is -2.07. The van der Waals surface area contributed by atoms with Crippen molar-refractivity contribution in [2.24, 2.45) is 7.05 Å². The molecule has 0 radical (unpaired) electrons. The average Bonchev–Trinajstić information content (AvgIpc) is 2.85. The summed E-state index contributed by atoms with van der Waals surface area (Å²) in [5.41, 5.74) is 9.74. The third-order valence-corrected chi connectivity index (χ3v) is 4.59. The summed E-state index contributed by atoms with van der Waals surface area (Å²) in [5.74, 6) is 0.252. The number of hydrogen-bond acceptors (Lipinski definition) is 4. The van der Waals surface area contributed by atoms with Gasteiger partial charge in [0.25, 0.3) is 0 Å². The van der Waals surface area contributed by atoms with E-state index < -0.39 is 0 Å². The van der Waals surface area contributed by atoms with E-state index in [1.165, 1.54) is 12.4 Å². The van der Waals surface area contributed by atoms with Gasteiger partial charge in [-0.1, -0.05) is 30.8 Å². The van der Waals surface area contributed by atoms with Crippen LogP contribution in [0.1, 0.15) is 5.56 Å². The summed E-state index contributed by atoms with van der Waals surface area (Å²) in [6.45, 7) is 3.89. The molecular formula is C17H16BrN5O. The van der Waals surface area contributed by atoms with Crippen molar-refractivity contribution in [3.8, 4) is 11.3 Å². The largest absolute Gasteiger partial charge is 0.383 e. The van der Waals surface area contributed by atoms with Crippen LogP contribution in [0, 0.1) is 0 Å². The Morgan fingerprint density at radius 1 is 1.38 bits per heavy atom. The van der Waals surface area contributed by atoms with Crippen LogP contribution in [0.3, 0.4) is 0 Å². The van der Waals surface area contributed by atoms with Crippen molar-refractivity contribution in [2.75, 3.05) is 5.73 Å². The number of benzene rings is 1. The van der Waals surface area contributed by atoms with Gasteiger partial charge in [-0.05, 0) is 33.1 Å². The molecule has 0 fully saturated rings. The van der Waals surface area contributed by atoms with Gasteiger partial charge in [-0.3, -0.25) is 4.79 Å². The van der Waals surface area contributed by atoms with Gasteiger partial charge in [-0.15, -0.1) is 0 Å². The molecule has 0 spiro atoms. The van der Waals surface area contributed by atoms with Gasteiger partial charge in [0.1, 0.15) is 17.8 Å². The number of rotatable bonds is 4. The van der Waals surface area contributed by atoms with Gasteiger partial charge in [0, 0.05) is 13.6 Å². The number of anilines is 1. The van der Waals surface area contributed by atoms with Crippen molar-refractivity contribution in [3.63, 3.8) is 0 Å². The van der Waals surface area contributed by atoms with Crippen LogP contribution >= 0.6 is 15.9 Å². The van der Waals surface area contributed by atoms with E-state index in [9.17, 15) is 4.79 Å². The number of nitrogen functional groups attached to an aromatic ring is 1. The highest BCUT2D eigenvalue weighted by Gasteiger charge is 2.18. The van der Waals surface area contributed by atoms with Gasteiger partial charge in [0.15, 0.2) is 0 Å². The van der Waals surface area contributed by atoms with Crippen LogP contribution in [-0.4, -0.2) is 20.4 Å². The lowest BCUT2D eigenvalue weighted by molar-refractivity contribution is -0.116. The van der Waals surface area contributed by atoms with Crippen molar-refractivity contribution in [3.05, 3.63) is 53.3 Å². The molecule has 0 saturated heterocycles. The third kappa shape index (κ3) is 2.78. The number of aryl methyl sites for hydroxylation is 1. The molecule has 2 aromatic heterocycles. The fourth-order valence-electron chi connectivity index (χ4n) is 2.59. The zero-order valence-electron chi connectivity index (χ0n) is 13.1. The Morgan fingerprint density at radius 3 is 2.71 bits per heavy atom. The van der Waals surface area contributed by atoms with Crippen LogP contribution in [-0.2, 0) is 18.4 Å². The highest BCUT2D eigenvalue weighted by Crippen LogP contribution is 2.38. The van der Waals surface area contributed by atoms with E-state index in [1.807, 2.05) is 35.9 Å². The molecule has 0 atom stereocenters. The lowest BCUT2D eigenvalue weighted by atomic mass is 10.1. The molecule has 1 aromatic carbocycles. The van der Waals surface area contributed by atoms with E-state index in [0.717, 1.165) is 32.3 Å². The second-order valence-corrected chi connectivity index (χ2v) is 6.09. The number of carbonyl (C=O) groups is 1. The van der Waals surface area contributed by atoms with Gasteiger partial charge < -0.3 is 15.6 Å². The summed E-state index contributed by atoms with van der Waals surface area (Å²) in [7, 11) is 1.94. The molecule has 1 amide bonds. The van der Waals surface area contributed by atoms with Crippen LogP contribution in [0.25, 0.3) is 22.3 Å². The van der Waals surface area contributed by atoms with Gasteiger partial charge in [0.05, 0.1) is 15.6 Å². The second kappa shape index (κ2) is 6.45. The quantitative estimate of drug-likeness (QED) is 0.676. The van der Waals surface area contributed by atoms with Crippen molar-refractivity contribution < 1.29 is 4.79 Å². The van der Waals surface area contributed by atoms with Crippen LogP contribution in [0.4, 0.5) is 5.82 Å². The zero-order chi connectivity index (χ0) is 17.3. The normalized spacial score (nSPS) is 10.8. The van der Waals surface area contributed by atoms with Gasteiger partial charge in [-0.2, -0.15) is 0 Å². The van der Waals surface area contributed by atoms with Gasteiger partial charge in [0.2, 0.25) is 5.91 Å². The molecule has 6 nitrogen and oxygen atoms in total. The maximum atomic E-state index is 11.2. The van der Waals surface area contributed by atoms with Crippen molar-refractivity contribution in [2.45, 2.75) is 6.54 Å². The number of carbonyl (C=O) groups excluding carboxylic acids is 1. The molecule has 0 aliphatic rings. The molecular weight excluding hydrogens is 370 g/mol. The summed E-state index contributed by atoms with van der Waals surface area (Å²) in [6.07, 6.45) is 2.71. The fourth-order valence-corrected chi connectivity index (χ4v) is 3.46. The molecule has 0 unspecified atom stereocenters. The number of halogens is 1. The number of fused-ring (bicyclic) bond motifs is 1. The van der Waals surface area contributed by atoms with E-state index in [-0.39, 0.29) is 5.91 Å². The highest BCUT2D eigenvalue weighted by molar-refractivity contribution is 9.10. The van der Waals surface area contributed by atoms with Crippen LogP contribution < -0.4 is 11.1 Å². The third-order valence-electron chi connectivity index (χ3n) is 3.82. The molecule has 3 aromatic rings. The average molecular weight is 386 g/mol. The van der Waals surface area contributed by atoms with E-state index in [0.29, 0.717) is 12.4 Å². The first kappa shape index (κ1) is 16.2. The Kier molecular flexibility index (Phi) is 4.35. The fraction of sp³-hybridized carbons (Fsp3) is 0.118. The van der Waals surface area contributed by atoms with E-state index in [2.05, 4.69) is 37.8 Å². The van der Waals surface area contributed by atoms with Crippen LogP contribution in [0.2, 0.25) is 0 Å². The smallest absolute Gasteiger partial charge is 0.243 e. The van der Waals surface area contributed by atoms with E-state index in [4.69, 9.17) is 5.73 Å². The number of amides is 1. The summed E-state index contributed by atoms with van der Waals surface area (Å²) >= 11 is 3.62. The number of nitrogens with zero attached hydrogens (tertiary/aromatic N) is 3. The molecule has 24 heavy (non-hydrogen) atoms. The molecule has 0 bridgehead atoms. The Morgan fingerprint density at radius 2 is 2.08 bits per heavy atom. The number of aromatic nitrogens is 3. The molecule has 3 rings (SSSR count). The standard InChI is InChI=1S/C17H16BrN5O/c1-3-12(24)20-8-10-4-6-11(7-5-10)15-14(18)13-16(19)21-9-22-17(13)23(15)2/h3-7,9H,1,8H2,2H3,(H,20,24)(H2,19,21,22). The molecule has 2 heterocycles. The first-order chi connectivity index (χ1) is 11.5. The summed E-state index contributed by atoms with van der Waals surface area (Å²) in [6, 6.07) is 7.94. The van der Waals surface area contributed by atoms with Crippen molar-refractivity contribution >= 4 is 38.7 Å². The summed E-state index contributed by atoms with van der Waals surface area (Å²) in [5, 5.41) is 3.56. The SMILES string of the molecule is C=CC(=O)NCc1ccc(-c2c(Br)c3c(N)ncnc3n2C)cc1. The monoisotopic (exact) mass is 385 g/mol. The maximum absolute atomic E-state index is 11.2. The summed E-state index contributed by atoms with van der Waals surface area (Å²) < 4.78 is 2.84. The minimum absolute atomic E-state index is 0.190. The Labute approximate surface area is 147 Å². The van der Waals surface area contributed by atoms with E-state index >= 15 is 0 Å². The minimum atomic E-state index is -0.190. The molecule has 7 heteroatoms. The van der Waals surface area contributed by atoms with Crippen LogP contribution in [0.15, 0.2) is 47.7 Å². The topological polar surface area (TPSA) is 85.8 Å². The predicted octanol–water partition coefficient (Wildman–Crippen LogP) is 2.78. The number of nitrogens with one attached hydrogen (secondary N) is 1. The number of nitrogens with two attached hydrogens (primary N) is 1. The van der Waals surface area contributed by atoms with E-state index in [1.54, 1.807) is 0 Å². The van der Waals surface area contributed by atoms with Crippen molar-refractivity contribution in [1.29, 1.82) is 0 Å². The van der Waals surface area contributed by atoms with Crippen LogP contribution in [0.5, 0.6) is 0 Å². The molecule has 0 aliphatic heterocycles. The Hall–Kier alpha value is -2.67. The van der Waals surface area contributed by atoms with Gasteiger partial charge in [-0.25, -0.2) is 9.97 Å². The molecule has 3 N–H and O–H groups in total. The summed E-state index contributed by atoms with van der Waals surface area (Å²) in [4.78, 5) is 19.6. The molecule has 122 valence electrons. The first-order valence-electron chi connectivity index (χ1n) is 7.27. The Balaban J connectivity index is 1.98. The predicted molar refractivity (Wildman–Crippen MR) is 98.1 cm³/mol. The Bertz CT molecular complexity index is 930. The second-order valence-electron chi connectivity index (χ2n) is 5.30. The maximum Gasteiger partial charge on any atom is 0.243 e. The van der Waals surface area contributed by atoms with Crippen molar-refractivity contribution in [1.82, 2.24) is 19.9 Å². The molecule has 0 aliphatic carbocycles. The lowest BCUT2D eigenvalue weighted by Crippen LogP contribution is -2.19.